The van der Waals surface area contributed by atoms with Crippen molar-refractivity contribution in [2.45, 2.75) is 50.7 Å². The molecule has 2 atom stereocenters. The van der Waals surface area contributed by atoms with Crippen LogP contribution in [0.5, 0.6) is 0 Å². The molecule has 7 heteroatoms. The van der Waals surface area contributed by atoms with E-state index in [0.717, 1.165) is 69.5 Å². The van der Waals surface area contributed by atoms with E-state index in [1.807, 2.05) is 18.2 Å². The van der Waals surface area contributed by atoms with Gasteiger partial charge in [0.25, 0.3) is 0 Å². The lowest BCUT2D eigenvalue weighted by atomic mass is 10.1. The van der Waals surface area contributed by atoms with Crippen LogP contribution in [0.25, 0.3) is 0 Å². The van der Waals surface area contributed by atoms with Gasteiger partial charge in [0.05, 0.1) is 31.2 Å². The Morgan fingerprint density at radius 3 is 2.67 bits per heavy atom. The lowest BCUT2D eigenvalue weighted by molar-refractivity contribution is 0.113. The number of aliphatic imine (C=N–C) groups is 1. The number of rotatable bonds is 9. The highest BCUT2D eigenvalue weighted by molar-refractivity contribution is 5.79. The fourth-order valence-corrected chi connectivity index (χ4v) is 4.22. The molecule has 30 heavy (non-hydrogen) atoms. The van der Waals surface area contributed by atoms with E-state index in [1.165, 1.54) is 19.3 Å². The molecule has 2 aromatic rings. The highest BCUT2D eigenvalue weighted by atomic mass is 16.5. The SMILES string of the molecule is c1coc(CCNC(=NCC(c2ccco2)N2CCCCC2)NCC2CCCO2)c1. The van der Waals surface area contributed by atoms with E-state index < -0.39 is 0 Å². The Hall–Kier alpha value is -2.25. The minimum absolute atomic E-state index is 0.173. The van der Waals surface area contributed by atoms with Gasteiger partial charge < -0.3 is 24.2 Å². The Balaban J connectivity index is 1.39. The summed E-state index contributed by atoms with van der Waals surface area (Å²) < 4.78 is 17.0. The molecule has 4 heterocycles. The van der Waals surface area contributed by atoms with E-state index in [2.05, 4.69) is 21.6 Å². The summed E-state index contributed by atoms with van der Waals surface area (Å²) in [6, 6.07) is 8.13. The molecule has 0 spiro atoms. The first-order valence-electron chi connectivity index (χ1n) is 11.3. The minimum atomic E-state index is 0.173. The van der Waals surface area contributed by atoms with E-state index >= 15 is 0 Å². The van der Waals surface area contributed by atoms with Crippen LogP contribution in [-0.4, -0.2) is 56.3 Å². The van der Waals surface area contributed by atoms with Crippen LogP contribution in [0.4, 0.5) is 0 Å². The van der Waals surface area contributed by atoms with Gasteiger partial charge in [0.1, 0.15) is 11.5 Å². The first-order chi connectivity index (χ1) is 14.9. The quantitative estimate of drug-likeness (QED) is 0.484. The fourth-order valence-electron chi connectivity index (χ4n) is 4.22. The van der Waals surface area contributed by atoms with Crippen molar-refractivity contribution in [3.05, 3.63) is 48.3 Å². The number of hydrogen-bond acceptors (Lipinski definition) is 5. The fraction of sp³-hybridized carbons (Fsp3) is 0.609. The summed E-state index contributed by atoms with van der Waals surface area (Å²) in [5.74, 6) is 2.79. The summed E-state index contributed by atoms with van der Waals surface area (Å²) in [7, 11) is 0. The molecule has 2 saturated heterocycles. The Morgan fingerprint density at radius 1 is 1.07 bits per heavy atom. The number of nitrogens with zero attached hydrogens (tertiary/aromatic N) is 2. The lowest BCUT2D eigenvalue weighted by Gasteiger charge is -2.32. The van der Waals surface area contributed by atoms with Crippen LogP contribution >= 0.6 is 0 Å². The van der Waals surface area contributed by atoms with E-state index in [9.17, 15) is 0 Å². The van der Waals surface area contributed by atoms with Gasteiger partial charge in [0.2, 0.25) is 0 Å². The van der Waals surface area contributed by atoms with Gasteiger partial charge in [-0.05, 0) is 63.0 Å². The van der Waals surface area contributed by atoms with Gasteiger partial charge in [0.15, 0.2) is 5.96 Å². The van der Waals surface area contributed by atoms with Crippen molar-refractivity contribution < 1.29 is 13.6 Å². The third kappa shape index (κ3) is 6.12. The molecule has 0 aromatic carbocycles. The number of nitrogens with one attached hydrogen (secondary N) is 2. The monoisotopic (exact) mass is 414 g/mol. The smallest absolute Gasteiger partial charge is 0.191 e. The molecule has 2 unspecified atom stereocenters. The molecule has 2 aromatic heterocycles. The molecular formula is C23H34N4O3. The Labute approximate surface area is 178 Å². The van der Waals surface area contributed by atoms with Crippen molar-refractivity contribution in [3.63, 3.8) is 0 Å². The normalized spacial score (nSPS) is 21.6. The first kappa shape index (κ1) is 21.0. The number of piperidine rings is 1. The third-order valence-electron chi connectivity index (χ3n) is 5.89. The molecule has 2 aliphatic heterocycles. The van der Waals surface area contributed by atoms with Crippen LogP contribution in [0.1, 0.15) is 49.7 Å². The van der Waals surface area contributed by atoms with Gasteiger partial charge in [-0.1, -0.05) is 6.42 Å². The molecule has 2 N–H and O–H groups in total. The highest BCUT2D eigenvalue weighted by Gasteiger charge is 2.24. The topological polar surface area (TPSA) is 75.2 Å². The van der Waals surface area contributed by atoms with Crippen molar-refractivity contribution in [2.75, 3.05) is 39.3 Å². The number of furan rings is 2. The average Bonchev–Trinajstić information content (AvgIpc) is 3.56. The summed E-state index contributed by atoms with van der Waals surface area (Å²) in [6.07, 6.45) is 10.6. The molecule has 4 rings (SSSR count). The summed E-state index contributed by atoms with van der Waals surface area (Å²) in [5.41, 5.74) is 0. The van der Waals surface area contributed by atoms with Gasteiger partial charge in [-0.3, -0.25) is 9.89 Å². The molecule has 164 valence electrons. The molecule has 7 nitrogen and oxygen atoms in total. The van der Waals surface area contributed by atoms with Crippen LogP contribution in [0, 0.1) is 0 Å². The van der Waals surface area contributed by atoms with Gasteiger partial charge in [-0.15, -0.1) is 0 Å². The van der Waals surface area contributed by atoms with Crippen molar-refractivity contribution in [3.8, 4) is 0 Å². The molecule has 0 saturated carbocycles. The van der Waals surface area contributed by atoms with E-state index in [0.29, 0.717) is 6.54 Å². The molecule has 2 aliphatic rings. The van der Waals surface area contributed by atoms with Crippen LogP contribution in [0.2, 0.25) is 0 Å². The maximum absolute atomic E-state index is 5.77. The molecule has 0 bridgehead atoms. The van der Waals surface area contributed by atoms with Crippen LogP contribution in [-0.2, 0) is 11.2 Å². The van der Waals surface area contributed by atoms with Crippen LogP contribution in [0.15, 0.2) is 50.6 Å². The van der Waals surface area contributed by atoms with Gasteiger partial charge in [-0.25, -0.2) is 0 Å². The third-order valence-corrected chi connectivity index (χ3v) is 5.89. The Kier molecular flexibility index (Phi) is 7.86. The predicted octanol–water partition coefficient (Wildman–Crippen LogP) is 3.36. The van der Waals surface area contributed by atoms with E-state index in [-0.39, 0.29) is 12.1 Å². The van der Waals surface area contributed by atoms with Crippen LogP contribution in [0.3, 0.4) is 0 Å². The molecule has 2 fully saturated rings. The molecule has 0 aliphatic carbocycles. The summed E-state index contributed by atoms with van der Waals surface area (Å²) in [4.78, 5) is 7.45. The molecular weight excluding hydrogens is 380 g/mol. The number of guanidine groups is 1. The maximum Gasteiger partial charge on any atom is 0.191 e. The number of likely N-dealkylation sites (tertiary alicyclic amines) is 1. The average molecular weight is 415 g/mol. The number of ether oxygens (including phenoxy) is 1. The zero-order valence-electron chi connectivity index (χ0n) is 17.7. The highest BCUT2D eigenvalue weighted by Crippen LogP contribution is 2.25. The van der Waals surface area contributed by atoms with E-state index in [1.54, 1.807) is 12.5 Å². The van der Waals surface area contributed by atoms with Crippen molar-refractivity contribution >= 4 is 5.96 Å². The zero-order valence-corrected chi connectivity index (χ0v) is 17.7. The van der Waals surface area contributed by atoms with Crippen molar-refractivity contribution in [1.82, 2.24) is 15.5 Å². The summed E-state index contributed by atoms with van der Waals surface area (Å²) >= 11 is 0. The Bertz CT molecular complexity index is 733. The van der Waals surface area contributed by atoms with Crippen molar-refractivity contribution in [2.24, 2.45) is 4.99 Å². The van der Waals surface area contributed by atoms with E-state index in [4.69, 9.17) is 18.6 Å². The second-order valence-corrected chi connectivity index (χ2v) is 8.09. The van der Waals surface area contributed by atoms with Crippen LogP contribution < -0.4 is 10.6 Å². The van der Waals surface area contributed by atoms with Gasteiger partial charge >= 0.3 is 0 Å². The van der Waals surface area contributed by atoms with Crippen molar-refractivity contribution in [1.29, 1.82) is 0 Å². The van der Waals surface area contributed by atoms with Gasteiger partial charge in [0, 0.05) is 26.1 Å². The van der Waals surface area contributed by atoms with Gasteiger partial charge in [-0.2, -0.15) is 0 Å². The molecule has 0 amide bonds. The summed E-state index contributed by atoms with van der Waals surface area (Å²) in [5, 5.41) is 6.94. The summed E-state index contributed by atoms with van der Waals surface area (Å²) in [6.45, 7) is 5.27. The lowest BCUT2D eigenvalue weighted by Crippen LogP contribution is -2.43. The number of hydrogen-bond donors (Lipinski definition) is 2. The second kappa shape index (κ2) is 11.2. The minimum Gasteiger partial charge on any atom is -0.469 e. The standard InChI is InChI=1S/C23H34N4O3/c1-2-12-27(13-3-1)21(22-9-6-16-30-22)18-26-23(25-17-20-8-5-15-29-20)24-11-10-19-7-4-14-28-19/h4,6-7,9,14,16,20-21H,1-3,5,8,10-13,15,17-18H2,(H2,24,25,26). The largest absolute Gasteiger partial charge is 0.469 e. The zero-order chi connectivity index (χ0) is 20.4. The predicted molar refractivity (Wildman–Crippen MR) is 117 cm³/mol. The first-order valence-corrected chi connectivity index (χ1v) is 11.3. The second-order valence-electron chi connectivity index (χ2n) is 8.09. The molecule has 0 radical (unpaired) electrons. The Morgan fingerprint density at radius 2 is 1.93 bits per heavy atom. The maximum atomic E-state index is 5.77.